The molecule has 0 aromatic heterocycles. The zero-order valence-electron chi connectivity index (χ0n) is 14.1. The number of nitrogens with zero attached hydrogens (tertiary/aromatic N) is 1. The topological polar surface area (TPSA) is 29.5 Å². The smallest absolute Gasteiger partial charge is 0.270 e. The molecule has 0 bridgehead atoms. The van der Waals surface area contributed by atoms with Gasteiger partial charge in [0.05, 0.1) is 16.7 Å². The summed E-state index contributed by atoms with van der Waals surface area (Å²) >= 11 is 6.73. The average molecular weight is 370 g/mol. The number of amides is 1. The summed E-state index contributed by atoms with van der Waals surface area (Å²) in [4.78, 5) is 15.0. The lowest BCUT2D eigenvalue weighted by Crippen LogP contribution is -2.27. The third-order valence-electron chi connectivity index (χ3n) is 3.92. The van der Waals surface area contributed by atoms with Crippen molar-refractivity contribution >= 4 is 46.0 Å². The summed E-state index contributed by atoms with van der Waals surface area (Å²) in [5, 5.41) is 0. The Bertz CT molecular complexity index is 817. The van der Waals surface area contributed by atoms with E-state index in [1.807, 2.05) is 67.6 Å². The summed E-state index contributed by atoms with van der Waals surface area (Å²) in [6, 6.07) is 17.2. The van der Waals surface area contributed by atoms with E-state index in [1.54, 1.807) is 4.90 Å². The van der Waals surface area contributed by atoms with Crippen LogP contribution in [0.25, 0.3) is 6.08 Å². The molecule has 3 rings (SSSR count). The Morgan fingerprint density at radius 1 is 1.16 bits per heavy atom. The van der Waals surface area contributed by atoms with Crippen molar-refractivity contribution in [2.24, 2.45) is 0 Å². The standard InChI is InChI=1S/C20H19NO2S2/c1-3-14(2)23-17-12-8-7-9-15(17)13-18-19(22)21(20(24)25-18)16-10-5-4-6-11-16/h4-14H,3H2,1-2H3/b18-13+/t14-/m0/s1. The summed E-state index contributed by atoms with van der Waals surface area (Å²) < 4.78 is 6.51. The van der Waals surface area contributed by atoms with Gasteiger partial charge in [-0.05, 0) is 37.6 Å². The Hall–Kier alpha value is -2.11. The maximum absolute atomic E-state index is 12.8. The number of benzene rings is 2. The molecule has 0 saturated carbocycles. The van der Waals surface area contributed by atoms with Crippen molar-refractivity contribution in [3.05, 3.63) is 65.1 Å². The van der Waals surface area contributed by atoms with Crippen LogP contribution >= 0.6 is 24.0 Å². The zero-order valence-corrected chi connectivity index (χ0v) is 15.8. The largest absolute Gasteiger partial charge is 0.490 e. The zero-order chi connectivity index (χ0) is 17.8. The monoisotopic (exact) mass is 369 g/mol. The van der Waals surface area contributed by atoms with Gasteiger partial charge in [-0.3, -0.25) is 9.69 Å². The van der Waals surface area contributed by atoms with E-state index in [1.165, 1.54) is 11.8 Å². The summed E-state index contributed by atoms with van der Waals surface area (Å²) in [5.41, 5.74) is 1.67. The molecule has 0 N–H and O–H groups in total. The van der Waals surface area contributed by atoms with E-state index < -0.39 is 0 Å². The second-order valence-electron chi connectivity index (χ2n) is 5.73. The number of hydrogen-bond acceptors (Lipinski definition) is 4. The SMILES string of the molecule is CC[C@H](C)Oc1ccccc1/C=C1/SC(=S)N(c2ccccc2)C1=O. The highest BCUT2D eigenvalue weighted by molar-refractivity contribution is 8.27. The van der Waals surface area contributed by atoms with Crippen LogP contribution in [0.15, 0.2) is 59.5 Å². The molecule has 25 heavy (non-hydrogen) atoms. The van der Waals surface area contributed by atoms with E-state index in [-0.39, 0.29) is 12.0 Å². The van der Waals surface area contributed by atoms with E-state index in [9.17, 15) is 4.79 Å². The lowest BCUT2D eigenvalue weighted by Gasteiger charge is -2.15. The predicted molar refractivity (Wildman–Crippen MR) is 109 cm³/mol. The van der Waals surface area contributed by atoms with Crippen LogP contribution in [-0.2, 0) is 4.79 Å². The lowest BCUT2D eigenvalue weighted by molar-refractivity contribution is -0.113. The Labute approximate surface area is 157 Å². The number of ether oxygens (including phenoxy) is 1. The van der Waals surface area contributed by atoms with Crippen molar-refractivity contribution in [3.8, 4) is 5.75 Å². The van der Waals surface area contributed by atoms with Gasteiger partial charge in [0.1, 0.15) is 5.75 Å². The second kappa shape index (κ2) is 7.85. The van der Waals surface area contributed by atoms with Gasteiger partial charge in [-0.25, -0.2) is 0 Å². The van der Waals surface area contributed by atoms with E-state index >= 15 is 0 Å². The fourth-order valence-corrected chi connectivity index (χ4v) is 3.71. The van der Waals surface area contributed by atoms with Gasteiger partial charge in [-0.1, -0.05) is 67.3 Å². The van der Waals surface area contributed by atoms with Crippen molar-refractivity contribution in [3.63, 3.8) is 0 Å². The van der Waals surface area contributed by atoms with E-state index in [4.69, 9.17) is 17.0 Å². The summed E-state index contributed by atoms with van der Waals surface area (Å²) in [6.45, 7) is 4.12. The highest BCUT2D eigenvalue weighted by Crippen LogP contribution is 2.37. The first-order valence-corrected chi connectivity index (χ1v) is 9.41. The first-order valence-electron chi connectivity index (χ1n) is 8.19. The number of hydrogen-bond donors (Lipinski definition) is 0. The number of rotatable bonds is 5. The van der Waals surface area contributed by atoms with Crippen LogP contribution < -0.4 is 9.64 Å². The van der Waals surface area contributed by atoms with Crippen molar-refractivity contribution < 1.29 is 9.53 Å². The van der Waals surface area contributed by atoms with Gasteiger partial charge < -0.3 is 4.74 Å². The first kappa shape index (κ1) is 17.7. The van der Waals surface area contributed by atoms with E-state index in [2.05, 4.69) is 6.92 Å². The highest BCUT2D eigenvalue weighted by Gasteiger charge is 2.33. The van der Waals surface area contributed by atoms with Crippen LogP contribution in [0.1, 0.15) is 25.8 Å². The van der Waals surface area contributed by atoms with E-state index in [0.29, 0.717) is 9.23 Å². The number of thioether (sulfide) groups is 1. The summed E-state index contributed by atoms with van der Waals surface area (Å²) in [7, 11) is 0. The summed E-state index contributed by atoms with van der Waals surface area (Å²) in [5.74, 6) is 0.682. The quantitative estimate of drug-likeness (QED) is 0.530. The number of para-hydroxylation sites is 2. The molecule has 1 fully saturated rings. The van der Waals surface area contributed by atoms with Gasteiger partial charge in [0.2, 0.25) is 0 Å². The van der Waals surface area contributed by atoms with Crippen LogP contribution in [0.5, 0.6) is 5.75 Å². The van der Waals surface area contributed by atoms with Crippen LogP contribution in [-0.4, -0.2) is 16.3 Å². The molecule has 2 aromatic rings. The maximum atomic E-state index is 12.8. The molecule has 0 aliphatic carbocycles. The minimum Gasteiger partial charge on any atom is -0.490 e. The second-order valence-corrected chi connectivity index (χ2v) is 7.40. The lowest BCUT2D eigenvalue weighted by atomic mass is 10.1. The molecule has 1 atom stereocenters. The van der Waals surface area contributed by atoms with Crippen molar-refractivity contribution in [1.29, 1.82) is 0 Å². The summed E-state index contributed by atoms with van der Waals surface area (Å²) in [6.07, 6.45) is 2.90. The van der Waals surface area contributed by atoms with Gasteiger partial charge in [0, 0.05) is 5.56 Å². The molecule has 0 spiro atoms. The predicted octanol–water partition coefficient (Wildman–Crippen LogP) is 5.27. The molecule has 1 heterocycles. The van der Waals surface area contributed by atoms with Crippen LogP contribution in [0.4, 0.5) is 5.69 Å². The molecule has 1 saturated heterocycles. The van der Waals surface area contributed by atoms with Gasteiger partial charge in [0.25, 0.3) is 5.91 Å². The minimum atomic E-state index is -0.0976. The molecule has 2 aromatic carbocycles. The average Bonchev–Trinajstić information content (AvgIpc) is 2.90. The molecule has 0 unspecified atom stereocenters. The van der Waals surface area contributed by atoms with Crippen LogP contribution in [0.2, 0.25) is 0 Å². The molecular weight excluding hydrogens is 350 g/mol. The van der Waals surface area contributed by atoms with Crippen molar-refractivity contribution in [2.75, 3.05) is 4.90 Å². The third kappa shape index (κ3) is 3.94. The Morgan fingerprint density at radius 2 is 1.84 bits per heavy atom. The molecule has 1 amide bonds. The fourth-order valence-electron chi connectivity index (χ4n) is 2.42. The molecule has 5 heteroatoms. The van der Waals surface area contributed by atoms with Gasteiger partial charge >= 0.3 is 0 Å². The first-order chi connectivity index (χ1) is 12.1. The number of thiocarbonyl (C=S) groups is 1. The van der Waals surface area contributed by atoms with Gasteiger partial charge in [0.15, 0.2) is 4.32 Å². The normalized spacial score (nSPS) is 17.2. The van der Waals surface area contributed by atoms with Gasteiger partial charge in [-0.2, -0.15) is 0 Å². The van der Waals surface area contributed by atoms with Crippen LogP contribution in [0.3, 0.4) is 0 Å². The third-order valence-corrected chi connectivity index (χ3v) is 5.22. The number of anilines is 1. The molecule has 1 aliphatic heterocycles. The van der Waals surface area contributed by atoms with E-state index in [0.717, 1.165) is 23.4 Å². The minimum absolute atomic E-state index is 0.0976. The van der Waals surface area contributed by atoms with Crippen molar-refractivity contribution in [2.45, 2.75) is 26.4 Å². The molecule has 1 aliphatic rings. The van der Waals surface area contributed by atoms with Crippen molar-refractivity contribution in [1.82, 2.24) is 0 Å². The molecular formula is C20H19NO2S2. The molecule has 3 nitrogen and oxygen atoms in total. The van der Waals surface area contributed by atoms with Crippen LogP contribution in [0, 0.1) is 0 Å². The maximum Gasteiger partial charge on any atom is 0.270 e. The number of carbonyl (C=O) groups excluding carboxylic acids is 1. The Morgan fingerprint density at radius 3 is 2.56 bits per heavy atom. The Balaban J connectivity index is 1.91. The highest BCUT2D eigenvalue weighted by atomic mass is 32.2. The Kier molecular flexibility index (Phi) is 5.56. The van der Waals surface area contributed by atoms with Gasteiger partial charge in [-0.15, -0.1) is 0 Å². The molecule has 0 radical (unpaired) electrons. The fraction of sp³-hybridized carbons (Fsp3) is 0.200. The molecule has 128 valence electrons. The number of carbonyl (C=O) groups is 1.